The lowest BCUT2D eigenvalue weighted by atomic mass is 10.1. The molecule has 0 aliphatic heterocycles. The minimum Gasteiger partial charge on any atom is -0.484 e. The highest BCUT2D eigenvalue weighted by Crippen LogP contribution is 2.23. The summed E-state index contributed by atoms with van der Waals surface area (Å²) in [5.74, 6) is -0.681. The van der Waals surface area contributed by atoms with Crippen LogP contribution in [-0.2, 0) is 14.8 Å². The molecule has 0 unspecified atom stereocenters. The number of sulfonamides is 1. The number of carbonyl (C=O) groups is 2. The molecule has 11 heteroatoms. The van der Waals surface area contributed by atoms with Gasteiger partial charge < -0.3 is 10.5 Å². The molecule has 32 heavy (non-hydrogen) atoms. The Bertz CT molecular complexity index is 1240. The highest BCUT2D eigenvalue weighted by Gasteiger charge is 2.19. The van der Waals surface area contributed by atoms with Crippen LogP contribution in [0.4, 0.5) is 5.69 Å². The van der Waals surface area contributed by atoms with Crippen molar-refractivity contribution in [3.63, 3.8) is 0 Å². The number of hydrazone groups is 1. The molecule has 0 aliphatic carbocycles. The Morgan fingerprint density at radius 1 is 1.06 bits per heavy atom. The van der Waals surface area contributed by atoms with Gasteiger partial charge in [-0.15, -0.1) is 11.3 Å². The van der Waals surface area contributed by atoms with Crippen LogP contribution in [0.1, 0.15) is 22.8 Å². The second-order valence-electron chi connectivity index (χ2n) is 6.50. The fourth-order valence-corrected chi connectivity index (χ4v) is 4.66. The van der Waals surface area contributed by atoms with Crippen LogP contribution < -0.4 is 20.6 Å². The number of nitrogens with one attached hydrogen (secondary N) is 2. The molecule has 2 amide bonds. The number of para-hydroxylation sites is 1. The molecular weight excluding hydrogens is 452 g/mol. The third-order valence-corrected chi connectivity index (χ3v) is 6.92. The van der Waals surface area contributed by atoms with Crippen molar-refractivity contribution in [2.75, 3.05) is 11.3 Å². The second kappa shape index (κ2) is 10.1. The number of primary amides is 1. The van der Waals surface area contributed by atoms with Gasteiger partial charge in [-0.1, -0.05) is 18.2 Å². The summed E-state index contributed by atoms with van der Waals surface area (Å²) in [6.07, 6.45) is 0. The van der Waals surface area contributed by atoms with Crippen LogP contribution in [-0.4, -0.2) is 32.6 Å². The van der Waals surface area contributed by atoms with Gasteiger partial charge in [0.2, 0.25) is 0 Å². The van der Waals surface area contributed by atoms with Crippen LogP contribution in [0.5, 0.6) is 5.75 Å². The van der Waals surface area contributed by atoms with Crippen LogP contribution in [0.25, 0.3) is 0 Å². The van der Waals surface area contributed by atoms with Gasteiger partial charge in [-0.25, -0.2) is 13.8 Å². The molecule has 0 fully saturated rings. The van der Waals surface area contributed by atoms with Gasteiger partial charge in [0.1, 0.15) is 9.96 Å². The van der Waals surface area contributed by atoms with Gasteiger partial charge in [-0.3, -0.25) is 14.3 Å². The number of benzene rings is 2. The Morgan fingerprint density at radius 2 is 1.78 bits per heavy atom. The first kappa shape index (κ1) is 23.0. The van der Waals surface area contributed by atoms with Crippen molar-refractivity contribution in [1.82, 2.24) is 5.43 Å². The van der Waals surface area contributed by atoms with E-state index in [0.717, 1.165) is 11.3 Å². The molecule has 0 bridgehead atoms. The largest absolute Gasteiger partial charge is 0.484 e. The first-order valence-electron chi connectivity index (χ1n) is 9.28. The summed E-state index contributed by atoms with van der Waals surface area (Å²) < 4.78 is 32.8. The van der Waals surface area contributed by atoms with E-state index in [1.54, 1.807) is 54.8 Å². The summed E-state index contributed by atoms with van der Waals surface area (Å²) in [5, 5.41) is 5.74. The highest BCUT2D eigenvalue weighted by atomic mass is 32.2. The Hall–Kier alpha value is -3.70. The Labute approximate surface area is 189 Å². The lowest BCUT2D eigenvalue weighted by molar-refractivity contribution is -0.119. The smallest absolute Gasteiger partial charge is 0.273 e. The van der Waals surface area contributed by atoms with Crippen molar-refractivity contribution >= 4 is 44.6 Å². The Kier molecular flexibility index (Phi) is 7.23. The maximum Gasteiger partial charge on any atom is 0.273 e. The van der Waals surface area contributed by atoms with Crippen molar-refractivity contribution in [1.29, 1.82) is 0 Å². The van der Waals surface area contributed by atoms with E-state index in [1.165, 1.54) is 18.2 Å². The first-order chi connectivity index (χ1) is 15.3. The fraction of sp³-hybridized carbons (Fsp3) is 0.0952. The standard InChI is InChI=1S/C21H20N4O5S2/c1-14(15-8-10-16(11-9-15)30-13-19(22)26)23-24-21(27)17-5-2-3-6-18(17)25-32(28,29)20-7-4-12-31-20/h2-12,25H,13H2,1H3,(H2,22,26)(H,24,27). The number of carbonyl (C=O) groups excluding carboxylic acids is 2. The monoisotopic (exact) mass is 472 g/mol. The predicted molar refractivity (Wildman–Crippen MR) is 122 cm³/mol. The SMILES string of the molecule is CC(=NNC(=O)c1ccccc1NS(=O)(=O)c1cccs1)c1ccc(OCC(N)=O)cc1. The highest BCUT2D eigenvalue weighted by molar-refractivity contribution is 7.94. The number of hydrogen-bond acceptors (Lipinski definition) is 7. The van der Waals surface area contributed by atoms with Gasteiger partial charge >= 0.3 is 0 Å². The first-order valence-corrected chi connectivity index (χ1v) is 11.6. The summed E-state index contributed by atoms with van der Waals surface area (Å²) in [7, 11) is -3.80. The van der Waals surface area contributed by atoms with E-state index < -0.39 is 21.8 Å². The molecule has 1 heterocycles. The number of amides is 2. The van der Waals surface area contributed by atoms with Crippen molar-refractivity contribution < 1.29 is 22.7 Å². The molecule has 0 saturated carbocycles. The molecule has 9 nitrogen and oxygen atoms in total. The quantitative estimate of drug-likeness (QED) is 0.324. The molecule has 166 valence electrons. The molecule has 0 aliphatic rings. The Morgan fingerprint density at radius 3 is 2.44 bits per heavy atom. The molecule has 0 saturated heterocycles. The zero-order valence-corrected chi connectivity index (χ0v) is 18.6. The van der Waals surface area contributed by atoms with E-state index in [2.05, 4.69) is 15.2 Å². The molecule has 0 radical (unpaired) electrons. The van der Waals surface area contributed by atoms with Crippen molar-refractivity contribution in [2.45, 2.75) is 11.1 Å². The van der Waals surface area contributed by atoms with E-state index >= 15 is 0 Å². The van der Waals surface area contributed by atoms with Crippen molar-refractivity contribution in [3.05, 3.63) is 77.2 Å². The lowest BCUT2D eigenvalue weighted by Gasteiger charge is -2.11. The molecule has 3 aromatic rings. The number of thiophene rings is 1. The third kappa shape index (κ3) is 5.93. The normalized spacial score (nSPS) is 11.6. The van der Waals surface area contributed by atoms with E-state index in [4.69, 9.17) is 10.5 Å². The van der Waals surface area contributed by atoms with Gasteiger partial charge in [-0.2, -0.15) is 5.10 Å². The summed E-state index contributed by atoms with van der Waals surface area (Å²) in [6, 6.07) is 16.1. The van der Waals surface area contributed by atoms with Crippen LogP contribution in [0.2, 0.25) is 0 Å². The summed E-state index contributed by atoms with van der Waals surface area (Å²) in [6.45, 7) is 1.48. The molecule has 0 atom stereocenters. The number of rotatable bonds is 9. The maximum atomic E-state index is 12.7. The number of nitrogens with two attached hydrogens (primary N) is 1. The molecule has 0 spiro atoms. The zero-order chi connectivity index (χ0) is 23.1. The van der Waals surface area contributed by atoms with E-state index in [0.29, 0.717) is 17.0 Å². The number of hydrogen-bond donors (Lipinski definition) is 3. The minimum atomic E-state index is -3.80. The summed E-state index contributed by atoms with van der Waals surface area (Å²) >= 11 is 1.08. The molecule has 2 aromatic carbocycles. The van der Waals surface area contributed by atoms with E-state index in [9.17, 15) is 18.0 Å². The van der Waals surface area contributed by atoms with Crippen LogP contribution >= 0.6 is 11.3 Å². The average Bonchev–Trinajstić information content (AvgIpc) is 3.32. The third-order valence-electron chi connectivity index (χ3n) is 4.15. The number of nitrogens with zero attached hydrogens (tertiary/aromatic N) is 1. The number of ether oxygens (including phenoxy) is 1. The summed E-state index contributed by atoms with van der Waals surface area (Å²) in [4.78, 5) is 23.4. The zero-order valence-electron chi connectivity index (χ0n) is 16.9. The average molecular weight is 473 g/mol. The Balaban J connectivity index is 1.71. The van der Waals surface area contributed by atoms with Gasteiger partial charge in [0.15, 0.2) is 6.61 Å². The van der Waals surface area contributed by atoms with Gasteiger partial charge in [0.25, 0.3) is 21.8 Å². The molecule has 3 rings (SSSR count). The van der Waals surface area contributed by atoms with E-state index in [1.807, 2.05) is 0 Å². The van der Waals surface area contributed by atoms with Crippen molar-refractivity contribution in [2.24, 2.45) is 10.8 Å². The van der Waals surface area contributed by atoms with Crippen LogP contribution in [0.15, 0.2) is 75.4 Å². The lowest BCUT2D eigenvalue weighted by Crippen LogP contribution is -2.22. The maximum absolute atomic E-state index is 12.7. The van der Waals surface area contributed by atoms with Gasteiger partial charge in [-0.05, 0) is 60.3 Å². The topological polar surface area (TPSA) is 140 Å². The second-order valence-corrected chi connectivity index (χ2v) is 9.36. The summed E-state index contributed by atoms with van der Waals surface area (Å²) in [5.41, 5.74) is 8.97. The van der Waals surface area contributed by atoms with E-state index in [-0.39, 0.29) is 22.1 Å². The number of anilines is 1. The predicted octanol–water partition coefficient (Wildman–Crippen LogP) is 2.57. The fourth-order valence-electron chi connectivity index (χ4n) is 2.59. The van der Waals surface area contributed by atoms with Gasteiger partial charge in [0.05, 0.1) is 17.0 Å². The van der Waals surface area contributed by atoms with Crippen molar-refractivity contribution in [3.8, 4) is 5.75 Å². The van der Waals surface area contributed by atoms with Crippen LogP contribution in [0.3, 0.4) is 0 Å². The molecule has 1 aromatic heterocycles. The minimum absolute atomic E-state index is 0.124. The molecular formula is C21H20N4O5S2. The van der Waals surface area contributed by atoms with Crippen LogP contribution in [0, 0.1) is 0 Å². The van der Waals surface area contributed by atoms with Gasteiger partial charge in [0, 0.05) is 0 Å². The molecule has 4 N–H and O–H groups in total.